The van der Waals surface area contributed by atoms with Crippen LogP contribution in [0.15, 0.2) is 0 Å². The number of hydrogen-bond acceptors (Lipinski definition) is 4. The van der Waals surface area contributed by atoms with Crippen molar-refractivity contribution in [3.8, 4) is 0 Å². The molecule has 17 heavy (non-hydrogen) atoms. The van der Waals surface area contributed by atoms with Crippen LogP contribution < -0.4 is 5.32 Å². The first-order valence-corrected chi connectivity index (χ1v) is 5.83. The molecule has 4 nitrogen and oxygen atoms in total. The van der Waals surface area contributed by atoms with E-state index >= 15 is 0 Å². The van der Waals surface area contributed by atoms with E-state index in [1.165, 1.54) is 0 Å². The number of β-amino-alcohol motifs (C(OH)–C–C–N with tert-alkyl or cyclic N) is 1. The summed E-state index contributed by atoms with van der Waals surface area (Å²) in [6.07, 6.45) is -0.998. The van der Waals surface area contributed by atoms with Crippen molar-refractivity contribution in [2.24, 2.45) is 5.41 Å². The van der Waals surface area contributed by atoms with Gasteiger partial charge in [-0.25, -0.2) is 8.78 Å². The third kappa shape index (κ3) is 1.83. The number of hydrogen-bond donors (Lipinski definition) is 2. The molecule has 0 aromatic heterocycles. The minimum atomic E-state index is -2.89. The molecule has 0 spiro atoms. The van der Waals surface area contributed by atoms with Gasteiger partial charge in [0.05, 0.1) is 6.61 Å². The third-order valence-corrected chi connectivity index (χ3v) is 3.87. The largest absolute Gasteiger partial charge is 0.465 e. The topological polar surface area (TPSA) is 58.6 Å². The standard InChI is InChI=1S/C11H17F2NO3/c1-2-17-8(15)9(10(16)6-14-7-10)3-4-11(12,13)5-9/h14,16H,2-7H2,1H3. The molecular formula is C11H17F2NO3. The normalized spacial score (nSPS) is 34.1. The van der Waals surface area contributed by atoms with Gasteiger partial charge in [-0.2, -0.15) is 0 Å². The smallest absolute Gasteiger partial charge is 0.315 e. The lowest BCUT2D eigenvalue weighted by atomic mass is 9.67. The molecule has 1 heterocycles. The molecule has 2 aliphatic rings. The SMILES string of the molecule is CCOC(=O)C1(C2(O)CNC2)CCC(F)(F)C1. The third-order valence-electron chi connectivity index (χ3n) is 3.87. The first-order chi connectivity index (χ1) is 7.85. The molecule has 1 aliphatic carbocycles. The minimum absolute atomic E-state index is 0.0169. The minimum Gasteiger partial charge on any atom is -0.465 e. The summed E-state index contributed by atoms with van der Waals surface area (Å²) in [6, 6.07) is 0. The first-order valence-electron chi connectivity index (χ1n) is 5.83. The number of halogens is 2. The van der Waals surface area contributed by atoms with Crippen molar-refractivity contribution >= 4 is 5.97 Å². The van der Waals surface area contributed by atoms with Crippen LogP contribution in [0.3, 0.4) is 0 Å². The zero-order valence-corrected chi connectivity index (χ0v) is 9.76. The summed E-state index contributed by atoms with van der Waals surface area (Å²) in [5, 5.41) is 13.1. The summed E-state index contributed by atoms with van der Waals surface area (Å²) in [6.45, 7) is 2.10. The number of alkyl halides is 2. The summed E-state index contributed by atoms with van der Waals surface area (Å²) >= 11 is 0. The maximum absolute atomic E-state index is 13.4. The Morgan fingerprint density at radius 2 is 2.06 bits per heavy atom. The predicted octanol–water partition coefficient (Wildman–Crippen LogP) is 0.689. The first kappa shape index (κ1) is 12.7. The molecule has 1 saturated heterocycles. The molecule has 6 heteroatoms. The Morgan fingerprint density at radius 3 is 2.41 bits per heavy atom. The van der Waals surface area contributed by atoms with Crippen LogP contribution >= 0.6 is 0 Å². The van der Waals surface area contributed by atoms with E-state index in [2.05, 4.69) is 5.32 Å². The molecule has 0 amide bonds. The number of ether oxygens (including phenoxy) is 1. The van der Waals surface area contributed by atoms with E-state index < -0.39 is 29.3 Å². The van der Waals surface area contributed by atoms with Crippen molar-refractivity contribution in [3.05, 3.63) is 0 Å². The van der Waals surface area contributed by atoms with Gasteiger partial charge in [0.15, 0.2) is 0 Å². The molecule has 1 saturated carbocycles. The van der Waals surface area contributed by atoms with E-state index in [4.69, 9.17) is 4.74 Å². The second kappa shape index (κ2) is 3.88. The zero-order valence-electron chi connectivity index (χ0n) is 9.76. The van der Waals surface area contributed by atoms with Crippen molar-refractivity contribution in [3.63, 3.8) is 0 Å². The van der Waals surface area contributed by atoms with Crippen LogP contribution in [-0.4, -0.2) is 42.3 Å². The zero-order chi connectivity index (χ0) is 12.7. The van der Waals surface area contributed by atoms with Crippen LogP contribution in [-0.2, 0) is 9.53 Å². The van der Waals surface area contributed by atoms with E-state index in [0.717, 1.165) is 0 Å². The highest BCUT2D eigenvalue weighted by molar-refractivity contribution is 5.79. The summed E-state index contributed by atoms with van der Waals surface area (Å²) in [5.74, 6) is -3.58. The van der Waals surface area contributed by atoms with Gasteiger partial charge >= 0.3 is 5.97 Å². The lowest BCUT2D eigenvalue weighted by molar-refractivity contribution is -0.187. The molecule has 0 bridgehead atoms. The molecule has 2 N–H and O–H groups in total. The Hall–Kier alpha value is -0.750. The molecule has 2 fully saturated rings. The van der Waals surface area contributed by atoms with Crippen molar-refractivity contribution in [1.82, 2.24) is 5.32 Å². The number of nitrogens with one attached hydrogen (secondary N) is 1. The van der Waals surface area contributed by atoms with Gasteiger partial charge in [0.25, 0.3) is 0 Å². The van der Waals surface area contributed by atoms with E-state index in [-0.39, 0.29) is 32.5 Å². The van der Waals surface area contributed by atoms with Gasteiger partial charge in [-0.3, -0.25) is 4.79 Å². The highest BCUT2D eigenvalue weighted by Crippen LogP contribution is 2.54. The number of aliphatic hydroxyl groups is 1. The van der Waals surface area contributed by atoms with Gasteiger partial charge in [-0.1, -0.05) is 0 Å². The number of rotatable bonds is 3. The van der Waals surface area contributed by atoms with Gasteiger partial charge in [0, 0.05) is 25.9 Å². The Kier molecular flexibility index (Phi) is 2.90. The maximum atomic E-state index is 13.4. The highest BCUT2D eigenvalue weighted by Gasteiger charge is 2.66. The van der Waals surface area contributed by atoms with Crippen molar-refractivity contribution in [1.29, 1.82) is 0 Å². The van der Waals surface area contributed by atoms with E-state index in [9.17, 15) is 18.7 Å². The predicted molar refractivity (Wildman–Crippen MR) is 55.7 cm³/mol. The van der Waals surface area contributed by atoms with Crippen LogP contribution in [0.25, 0.3) is 0 Å². The Bertz CT molecular complexity index is 331. The Labute approximate surface area is 98.3 Å². The fourth-order valence-corrected chi connectivity index (χ4v) is 2.75. The lowest BCUT2D eigenvalue weighted by Gasteiger charge is -2.49. The monoisotopic (exact) mass is 249 g/mol. The average Bonchev–Trinajstić information content (AvgIpc) is 2.53. The van der Waals surface area contributed by atoms with Crippen LogP contribution in [0, 0.1) is 5.41 Å². The van der Waals surface area contributed by atoms with E-state index in [1.54, 1.807) is 6.92 Å². The summed E-state index contributed by atoms with van der Waals surface area (Å²) in [5.41, 5.74) is -2.84. The number of carbonyl (C=O) groups excluding carboxylic acids is 1. The van der Waals surface area contributed by atoms with Crippen molar-refractivity contribution in [2.75, 3.05) is 19.7 Å². The molecule has 0 radical (unpaired) electrons. The second-order valence-corrected chi connectivity index (χ2v) is 4.97. The van der Waals surface area contributed by atoms with Gasteiger partial charge in [0.2, 0.25) is 5.92 Å². The van der Waals surface area contributed by atoms with Crippen LogP contribution in [0.1, 0.15) is 26.2 Å². The number of carbonyl (C=O) groups is 1. The molecule has 1 aliphatic heterocycles. The van der Waals surface area contributed by atoms with Crippen molar-refractivity contribution < 1.29 is 23.4 Å². The highest BCUT2D eigenvalue weighted by atomic mass is 19.3. The number of esters is 1. The second-order valence-electron chi connectivity index (χ2n) is 4.97. The molecule has 1 atom stereocenters. The molecule has 0 aromatic carbocycles. The molecule has 0 aromatic rings. The van der Waals surface area contributed by atoms with Crippen LogP contribution in [0.4, 0.5) is 8.78 Å². The fraction of sp³-hybridized carbons (Fsp3) is 0.909. The van der Waals surface area contributed by atoms with Crippen LogP contribution in [0.5, 0.6) is 0 Å². The quantitative estimate of drug-likeness (QED) is 0.722. The Balaban J connectivity index is 2.28. The summed E-state index contributed by atoms with van der Waals surface area (Å²) < 4.78 is 31.7. The van der Waals surface area contributed by atoms with Crippen LogP contribution in [0.2, 0.25) is 0 Å². The summed E-state index contributed by atoms with van der Waals surface area (Å²) in [7, 11) is 0. The molecule has 1 unspecified atom stereocenters. The van der Waals surface area contributed by atoms with Gasteiger partial charge in [-0.05, 0) is 13.3 Å². The van der Waals surface area contributed by atoms with Gasteiger partial charge in [-0.15, -0.1) is 0 Å². The maximum Gasteiger partial charge on any atom is 0.315 e. The van der Waals surface area contributed by atoms with E-state index in [0.29, 0.717) is 0 Å². The van der Waals surface area contributed by atoms with E-state index in [1.807, 2.05) is 0 Å². The lowest BCUT2D eigenvalue weighted by Crippen LogP contribution is -2.70. The molecule has 2 rings (SSSR count). The average molecular weight is 249 g/mol. The van der Waals surface area contributed by atoms with Crippen molar-refractivity contribution in [2.45, 2.75) is 37.7 Å². The fourth-order valence-electron chi connectivity index (χ4n) is 2.75. The van der Waals surface area contributed by atoms with Gasteiger partial charge in [0.1, 0.15) is 11.0 Å². The molecule has 98 valence electrons. The Morgan fingerprint density at radius 1 is 1.41 bits per heavy atom. The molecular weight excluding hydrogens is 232 g/mol. The van der Waals surface area contributed by atoms with Gasteiger partial charge < -0.3 is 15.2 Å². The summed E-state index contributed by atoms with van der Waals surface area (Å²) in [4.78, 5) is 12.0.